The molecule has 1 aromatic heterocycles. The smallest absolute Gasteiger partial charge is 0.187 e. The van der Waals surface area contributed by atoms with Crippen LogP contribution in [0.2, 0.25) is 0 Å². The van der Waals surface area contributed by atoms with Gasteiger partial charge in [0.15, 0.2) is 5.16 Å². The number of aromatic nitrogens is 2. The lowest BCUT2D eigenvalue weighted by molar-refractivity contribution is 0.352. The molecule has 1 aliphatic carbocycles. The predicted molar refractivity (Wildman–Crippen MR) is 68.4 cm³/mol. The van der Waals surface area contributed by atoms with E-state index in [1.54, 1.807) is 0 Å². The Labute approximate surface area is 102 Å². The van der Waals surface area contributed by atoms with Gasteiger partial charge in [-0.15, -0.1) is 6.58 Å². The maximum absolute atomic E-state index is 4.29. The van der Waals surface area contributed by atoms with E-state index >= 15 is 0 Å². The fourth-order valence-corrected chi connectivity index (χ4v) is 3.72. The lowest BCUT2D eigenvalue weighted by Gasteiger charge is -2.29. The molecule has 3 heteroatoms. The summed E-state index contributed by atoms with van der Waals surface area (Å²) in [5, 5.41) is 1.54. The lowest BCUT2D eigenvalue weighted by atomic mass is 9.85. The van der Waals surface area contributed by atoms with E-state index in [4.69, 9.17) is 0 Å². The molecular formula is C13H18N2S. The van der Waals surface area contributed by atoms with Crippen LogP contribution in [0.4, 0.5) is 0 Å². The molecular weight excluding hydrogens is 216 g/mol. The SMILES string of the molecule is C=CC[C@@]1(C)CCC[C@@H]1Sc1ncccn1. The van der Waals surface area contributed by atoms with Gasteiger partial charge in [-0.25, -0.2) is 9.97 Å². The average molecular weight is 234 g/mol. The normalized spacial score (nSPS) is 29.2. The summed E-state index contributed by atoms with van der Waals surface area (Å²) in [5.41, 5.74) is 0.381. The van der Waals surface area contributed by atoms with Crippen LogP contribution in [0.15, 0.2) is 36.3 Å². The van der Waals surface area contributed by atoms with Crippen LogP contribution >= 0.6 is 11.8 Å². The Hall–Kier alpha value is -0.830. The number of hydrogen-bond donors (Lipinski definition) is 0. The van der Waals surface area contributed by atoms with Crippen LogP contribution in [-0.4, -0.2) is 15.2 Å². The van der Waals surface area contributed by atoms with Gasteiger partial charge >= 0.3 is 0 Å². The Kier molecular flexibility index (Phi) is 3.64. The van der Waals surface area contributed by atoms with Crippen molar-refractivity contribution in [2.75, 3.05) is 0 Å². The summed E-state index contributed by atoms with van der Waals surface area (Å²) in [6.07, 6.45) is 10.7. The van der Waals surface area contributed by atoms with E-state index < -0.39 is 0 Å². The summed E-state index contributed by atoms with van der Waals surface area (Å²) in [4.78, 5) is 8.59. The van der Waals surface area contributed by atoms with Crippen molar-refractivity contribution in [3.8, 4) is 0 Å². The highest BCUT2D eigenvalue weighted by Crippen LogP contribution is 2.48. The zero-order chi connectivity index (χ0) is 11.4. The molecule has 2 atom stereocenters. The standard InChI is InChI=1S/C13H18N2S/c1-3-7-13(2)8-4-6-11(13)16-12-14-9-5-10-15-12/h3,5,9-11H,1,4,6-8H2,2H3/t11-,13-/m0/s1. The first-order valence-electron chi connectivity index (χ1n) is 5.79. The first-order valence-corrected chi connectivity index (χ1v) is 6.67. The first kappa shape index (κ1) is 11.6. The molecule has 0 unspecified atom stereocenters. The van der Waals surface area contributed by atoms with Gasteiger partial charge in [-0.2, -0.15) is 0 Å². The molecule has 0 N–H and O–H groups in total. The van der Waals surface area contributed by atoms with Gasteiger partial charge in [0.2, 0.25) is 0 Å². The van der Waals surface area contributed by atoms with Gasteiger partial charge in [-0.05, 0) is 30.7 Å². The summed E-state index contributed by atoms with van der Waals surface area (Å²) in [6, 6.07) is 1.86. The monoisotopic (exact) mass is 234 g/mol. The van der Waals surface area contributed by atoms with Crippen molar-refractivity contribution in [1.29, 1.82) is 0 Å². The van der Waals surface area contributed by atoms with E-state index in [9.17, 15) is 0 Å². The first-order chi connectivity index (χ1) is 7.74. The summed E-state index contributed by atoms with van der Waals surface area (Å²) >= 11 is 1.83. The molecule has 1 saturated carbocycles. The van der Waals surface area contributed by atoms with Crippen molar-refractivity contribution in [2.24, 2.45) is 5.41 Å². The average Bonchev–Trinajstić information content (AvgIpc) is 2.62. The number of nitrogens with zero attached hydrogens (tertiary/aromatic N) is 2. The van der Waals surface area contributed by atoms with Crippen molar-refractivity contribution < 1.29 is 0 Å². The van der Waals surface area contributed by atoms with Gasteiger partial charge in [-0.3, -0.25) is 0 Å². The maximum atomic E-state index is 4.29. The van der Waals surface area contributed by atoms with Crippen LogP contribution in [0.5, 0.6) is 0 Å². The van der Waals surface area contributed by atoms with Crippen molar-refractivity contribution in [1.82, 2.24) is 9.97 Å². The fourth-order valence-electron chi connectivity index (χ4n) is 2.44. The number of hydrogen-bond acceptors (Lipinski definition) is 3. The molecule has 2 rings (SSSR count). The summed E-state index contributed by atoms with van der Waals surface area (Å²) in [6.45, 7) is 6.23. The molecule has 86 valence electrons. The molecule has 0 bridgehead atoms. The molecule has 0 saturated heterocycles. The molecule has 1 aromatic rings. The summed E-state index contributed by atoms with van der Waals surface area (Å²) < 4.78 is 0. The Balaban J connectivity index is 2.06. The topological polar surface area (TPSA) is 25.8 Å². The van der Waals surface area contributed by atoms with Gasteiger partial charge < -0.3 is 0 Å². The minimum absolute atomic E-state index is 0.381. The van der Waals surface area contributed by atoms with E-state index in [2.05, 4.69) is 23.5 Å². The van der Waals surface area contributed by atoms with Gasteiger partial charge in [0, 0.05) is 17.6 Å². The second kappa shape index (κ2) is 5.00. The van der Waals surface area contributed by atoms with Crippen LogP contribution in [-0.2, 0) is 0 Å². The van der Waals surface area contributed by atoms with Gasteiger partial charge in [0.1, 0.15) is 0 Å². The van der Waals surface area contributed by atoms with Crippen LogP contribution in [0.1, 0.15) is 32.6 Å². The summed E-state index contributed by atoms with van der Waals surface area (Å²) in [7, 11) is 0. The molecule has 0 amide bonds. The highest BCUT2D eigenvalue weighted by molar-refractivity contribution is 7.99. The number of allylic oxidation sites excluding steroid dienone is 1. The molecule has 2 nitrogen and oxygen atoms in total. The third kappa shape index (κ3) is 2.46. The zero-order valence-corrected chi connectivity index (χ0v) is 10.5. The Morgan fingerprint density at radius 3 is 3.00 bits per heavy atom. The Morgan fingerprint density at radius 2 is 2.31 bits per heavy atom. The van der Waals surface area contributed by atoms with Crippen LogP contribution < -0.4 is 0 Å². The van der Waals surface area contributed by atoms with Crippen LogP contribution in [0, 0.1) is 5.41 Å². The van der Waals surface area contributed by atoms with Crippen molar-refractivity contribution >= 4 is 11.8 Å². The van der Waals surface area contributed by atoms with E-state index in [0.29, 0.717) is 10.7 Å². The predicted octanol–water partition coefficient (Wildman–Crippen LogP) is 3.70. The molecule has 0 aromatic carbocycles. The number of thioether (sulfide) groups is 1. The summed E-state index contributed by atoms with van der Waals surface area (Å²) in [5.74, 6) is 0. The van der Waals surface area contributed by atoms with Gasteiger partial charge in [-0.1, -0.05) is 31.2 Å². The fraction of sp³-hybridized carbons (Fsp3) is 0.538. The molecule has 1 fully saturated rings. The third-order valence-electron chi connectivity index (χ3n) is 3.39. The molecule has 16 heavy (non-hydrogen) atoms. The third-order valence-corrected chi connectivity index (χ3v) is 4.90. The molecule has 1 heterocycles. The maximum Gasteiger partial charge on any atom is 0.187 e. The van der Waals surface area contributed by atoms with Crippen LogP contribution in [0.25, 0.3) is 0 Å². The zero-order valence-electron chi connectivity index (χ0n) is 9.72. The quantitative estimate of drug-likeness (QED) is 0.587. The molecule has 0 radical (unpaired) electrons. The van der Waals surface area contributed by atoms with Crippen LogP contribution in [0.3, 0.4) is 0 Å². The second-order valence-electron chi connectivity index (χ2n) is 4.68. The minimum Gasteiger partial charge on any atom is -0.231 e. The van der Waals surface area contributed by atoms with Gasteiger partial charge in [0.25, 0.3) is 0 Å². The highest BCUT2D eigenvalue weighted by atomic mass is 32.2. The van der Waals surface area contributed by atoms with E-state index in [1.165, 1.54) is 19.3 Å². The van der Waals surface area contributed by atoms with E-state index in [0.717, 1.165) is 11.6 Å². The van der Waals surface area contributed by atoms with E-state index in [1.807, 2.05) is 36.3 Å². The Bertz CT molecular complexity index is 352. The lowest BCUT2D eigenvalue weighted by Crippen LogP contribution is -2.23. The molecule has 0 aliphatic heterocycles. The Morgan fingerprint density at radius 1 is 1.56 bits per heavy atom. The van der Waals surface area contributed by atoms with Crippen molar-refractivity contribution in [2.45, 2.75) is 43.0 Å². The highest BCUT2D eigenvalue weighted by Gasteiger charge is 2.38. The molecule has 1 aliphatic rings. The second-order valence-corrected chi connectivity index (χ2v) is 5.85. The van der Waals surface area contributed by atoms with Crippen molar-refractivity contribution in [3.63, 3.8) is 0 Å². The largest absolute Gasteiger partial charge is 0.231 e. The van der Waals surface area contributed by atoms with Gasteiger partial charge in [0.05, 0.1) is 0 Å². The van der Waals surface area contributed by atoms with E-state index in [-0.39, 0.29) is 0 Å². The molecule has 0 spiro atoms. The number of rotatable bonds is 4. The van der Waals surface area contributed by atoms with Crippen molar-refractivity contribution in [3.05, 3.63) is 31.1 Å². The minimum atomic E-state index is 0.381.